The fourth-order valence-corrected chi connectivity index (χ4v) is 0. The van der Waals surface area contributed by atoms with Gasteiger partial charge in [0.2, 0.25) is 0 Å². The minimum Gasteiger partial charge on any atom is -0.481 e. The zero-order valence-electron chi connectivity index (χ0n) is 9.96. The van der Waals surface area contributed by atoms with Gasteiger partial charge in [-0.25, -0.2) is 0 Å². The molecule has 0 radical (unpaired) electrons. The van der Waals surface area contributed by atoms with E-state index in [1.54, 1.807) is 0 Å². The molecule has 0 amide bonds. The molecule has 0 bridgehead atoms. The van der Waals surface area contributed by atoms with E-state index in [1.807, 2.05) is 0 Å². The minimum absolute atomic E-state index is 0.468. The molecule has 0 atom stereocenters. The highest BCUT2D eigenvalue weighted by molar-refractivity contribution is 5.65. The van der Waals surface area contributed by atoms with Crippen LogP contribution in [0.5, 0.6) is 0 Å². The molecule has 0 saturated heterocycles. The van der Waals surface area contributed by atoms with E-state index in [9.17, 15) is 4.79 Å². The molecular formula is C8H17NO8. The van der Waals surface area contributed by atoms with Crippen LogP contribution in [0.15, 0.2) is 0 Å². The second-order valence-electron chi connectivity index (χ2n) is 2.17. The molecule has 0 aromatic heterocycles. The van der Waals surface area contributed by atoms with Gasteiger partial charge in [-0.05, 0) is 0 Å². The Labute approximate surface area is 97.7 Å². The Morgan fingerprint density at radius 3 is 0.824 bits per heavy atom. The lowest BCUT2D eigenvalue weighted by Crippen LogP contribution is -2.03. The van der Waals surface area contributed by atoms with E-state index in [2.05, 4.69) is 10.7 Å². The maximum Gasteiger partial charge on any atom is 0.321 e. The summed E-state index contributed by atoms with van der Waals surface area (Å²) in [5, 5.41) is 22.2. The zero-order chi connectivity index (χ0) is 15.0. The molecule has 0 aliphatic rings. The van der Waals surface area contributed by atoms with Gasteiger partial charge >= 0.3 is 5.97 Å². The Bertz CT molecular complexity index is 197. The van der Waals surface area contributed by atoms with E-state index in [1.165, 1.54) is 6.92 Å². The molecule has 0 aliphatic heterocycles. The minimum atomic E-state index is -0.833. The van der Waals surface area contributed by atoms with Gasteiger partial charge in [0.25, 0.3) is 17.9 Å². The summed E-state index contributed by atoms with van der Waals surface area (Å²) in [6, 6.07) is 0. The molecule has 9 nitrogen and oxygen atoms in total. The number of hydrogen-bond donors (Lipinski definition) is 4. The third-order valence-electron chi connectivity index (χ3n) is 0.166. The van der Waals surface area contributed by atoms with Crippen LogP contribution in [-0.4, -0.2) is 39.2 Å². The van der Waals surface area contributed by atoms with Crippen LogP contribution in [-0.2, 0) is 24.0 Å². The standard InChI is InChI=1S/C2H5NO2.3C2H4O2/c1-2(4)5-3;3*1-2(3)4/h3H2,1H3;3*1H3,(H,3,4). The Hall–Kier alpha value is -2.16. The zero-order valence-corrected chi connectivity index (χ0v) is 9.96. The van der Waals surface area contributed by atoms with Gasteiger partial charge in [0.1, 0.15) is 0 Å². The number of carboxylic acids is 3. The molecule has 0 unspecified atom stereocenters. The second-order valence-corrected chi connectivity index (χ2v) is 2.17. The quantitative estimate of drug-likeness (QED) is 0.425. The summed E-state index contributed by atoms with van der Waals surface area (Å²) >= 11 is 0. The average molecular weight is 255 g/mol. The first-order valence-corrected chi connectivity index (χ1v) is 3.93. The molecule has 0 aromatic rings. The maximum atomic E-state index is 9.47. The summed E-state index contributed by atoms with van der Waals surface area (Å²) < 4.78 is 0. The van der Waals surface area contributed by atoms with Crippen molar-refractivity contribution in [2.24, 2.45) is 5.90 Å². The molecule has 0 aromatic carbocycles. The van der Waals surface area contributed by atoms with E-state index in [0.717, 1.165) is 20.8 Å². The van der Waals surface area contributed by atoms with Crippen LogP contribution in [0.25, 0.3) is 0 Å². The van der Waals surface area contributed by atoms with Crippen molar-refractivity contribution < 1.29 is 39.3 Å². The summed E-state index contributed by atoms with van der Waals surface area (Å²) in [6.45, 7) is 4.49. The first kappa shape index (κ1) is 24.2. The van der Waals surface area contributed by atoms with Gasteiger partial charge in [0, 0.05) is 27.7 Å². The van der Waals surface area contributed by atoms with Gasteiger partial charge in [-0.3, -0.25) is 19.2 Å². The highest BCUT2D eigenvalue weighted by Crippen LogP contribution is 1.55. The number of aliphatic carboxylic acids is 3. The number of rotatable bonds is 0. The highest BCUT2D eigenvalue weighted by Gasteiger charge is 1.77. The maximum absolute atomic E-state index is 9.47. The van der Waals surface area contributed by atoms with Crippen molar-refractivity contribution in [3.63, 3.8) is 0 Å². The van der Waals surface area contributed by atoms with Crippen molar-refractivity contribution in [1.82, 2.24) is 0 Å². The summed E-state index contributed by atoms with van der Waals surface area (Å²) in [7, 11) is 0. The van der Waals surface area contributed by atoms with E-state index < -0.39 is 23.9 Å². The predicted octanol–water partition coefficient (Wildman–Crippen LogP) is -0.304. The Morgan fingerprint density at radius 2 is 0.824 bits per heavy atom. The van der Waals surface area contributed by atoms with Crippen molar-refractivity contribution in [3.8, 4) is 0 Å². The number of carbonyl (C=O) groups excluding carboxylic acids is 1. The highest BCUT2D eigenvalue weighted by atomic mass is 16.7. The summed E-state index contributed by atoms with van der Waals surface area (Å²) in [6.07, 6.45) is 0. The van der Waals surface area contributed by atoms with Gasteiger partial charge in [-0.15, -0.1) is 0 Å². The van der Waals surface area contributed by atoms with Crippen LogP contribution >= 0.6 is 0 Å². The third kappa shape index (κ3) is 75800. The van der Waals surface area contributed by atoms with Gasteiger partial charge in [-0.1, -0.05) is 0 Å². The lowest BCUT2D eigenvalue weighted by Gasteiger charge is -1.79. The molecule has 0 spiro atoms. The van der Waals surface area contributed by atoms with Gasteiger partial charge in [0.15, 0.2) is 0 Å². The van der Waals surface area contributed by atoms with Crippen molar-refractivity contribution in [3.05, 3.63) is 0 Å². The van der Waals surface area contributed by atoms with Crippen molar-refractivity contribution in [2.75, 3.05) is 0 Å². The molecule has 17 heavy (non-hydrogen) atoms. The molecule has 0 rings (SSSR count). The predicted molar refractivity (Wildman–Crippen MR) is 55.9 cm³/mol. The molecule has 0 saturated carbocycles. The van der Waals surface area contributed by atoms with Crippen LogP contribution in [0.2, 0.25) is 0 Å². The van der Waals surface area contributed by atoms with E-state index in [4.69, 9.17) is 29.7 Å². The van der Waals surface area contributed by atoms with Gasteiger partial charge < -0.3 is 20.2 Å². The van der Waals surface area contributed by atoms with Gasteiger partial charge in [0.05, 0.1) is 0 Å². The molecule has 0 aliphatic carbocycles. The normalized spacial score (nSPS) is 6.41. The SMILES string of the molecule is CC(=O)O.CC(=O)O.CC(=O)O.CC(=O)ON. The molecule has 0 fully saturated rings. The van der Waals surface area contributed by atoms with Crippen LogP contribution < -0.4 is 5.90 Å². The fraction of sp³-hybridized carbons (Fsp3) is 0.500. The van der Waals surface area contributed by atoms with E-state index in [0.29, 0.717) is 0 Å². The second kappa shape index (κ2) is 19.4. The summed E-state index contributed by atoms with van der Waals surface area (Å²) in [5.41, 5.74) is 0. The topological polar surface area (TPSA) is 164 Å². The number of hydrogen-bond acceptors (Lipinski definition) is 6. The molecule has 9 heteroatoms. The van der Waals surface area contributed by atoms with Crippen molar-refractivity contribution >= 4 is 23.9 Å². The van der Waals surface area contributed by atoms with Crippen molar-refractivity contribution in [2.45, 2.75) is 27.7 Å². The summed E-state index contributed by atoms with van der Waals surface area (Å²) in [5.74, 6) is 1.35. The van der Waals surface area contributed by atoms with Crippen molar-refractivity contribution in [1.29, 1.82) is 0 Å². The first-order chi connectivity index (χ1) is 7.47. The smallest absolute Gasteiger partial charge is 0.321 e. The largest absolute Gasteiger partial charge is 0.481 e. The monoisotopic (exact) mass is 255 g/mol. The van der Waals surface area contributed by atoms with Crippen LogP contribution in [0, 0.1) is 0 Å². The Balaban J connectivity index is -0.0000000667. The fourth-order valence-electron chi connectivity index (χ4n) is 0. The molecule has 5 N–H and O–H groups in total. The Morgan fingerprint density at radius 1 is 0.765 bits per heavy atom. The lowest BCUT2D eigenvalue weighted by molar-refractivity contribution is -0.141. The third-order valence-corrected chi connectivity index (χ3v) is 0.166. The molecule has 102 valence electrons. The molecule has 0 heterocycles. The van der Waals surface area contributed by atoms with Crippen LogP contribution in [0.4, 0.5) is 0 Å². The first-order valence-electron chi connectivity index (χ1n) is 3.93. The lowest BCUT2D eigenvalue weighted by atomic mass is 10.8. The number of nitrogens with two attached hydrogens (primary N) is 1. The average Bonchev–Trinajstić information content (AvgIpc) is 2.00. The van der Waals surface area contributed by atoms with Crippen LogP contribution in [0.1, 0.15) is 27.7 Å². The van der Waals surface area contributed by atoms with E-state index >= 15 is 0 Å². The number of carboxylic acid groups (broad SMARTS) is 3. The van der Waals surface area contributed by atoms with Gasteiger partial charge in [-0.2, -0.15) is 5.90 Å². The van der Waals surface area contributed by atoms with Crippen LogP contribution in [0.3, 0.4) is 0 Å². The van der Waals surface area contributed by atoms with E-state index in [-0.39, 0.29) is 0 Å². The number of carbonyl (C=O) groups is 4. The Kier molecular flexibility index (Phi) is 27.6. The molecular weight excluding hydrogens is 238 g/mol. The summed E-state index contributed by atoms with van der Waals surface area (Å²) in [4.78, 5) is 40.1.